The minimum Gasteiger partial charge on any atom is -0.497 e. The van der Waals surface area contributed by atoms with Crippen molar-refractivity contribution < 1.29 is 14.3 Å². The van der Waals surface area contributed by atoms with Gasteiger partial charge in [-0.3, -0.25) is 9.59 Å². The maximum atomic E-state index is 12.4. The van der Waals surface area contributed by atoms with Gasteiger partial charge < -0.3 is 15.0 Å². The smallest absolute Gasteiger partial charge is 0.225 e. The SMILES string of the molecule is COc1ccc(CCNC(=O)C2CC(=O)N(CCc3ccccc3)C2)cc1. The Bertz CT molecular complexity index is 759. The number of hydrogen-bond acceptors (Lipinski definition) is 3. The van der Waals surface area contributed by atoms with Crippen LogP contribution in [0.15, 0.2) is 54.6 Å². The van der Waals surface area contributed by atoms with E-state index in [1.165, 1.54) is 5.56 Å². The molecule has 0 spiro atoms. The zero-order valence-corrected chi connectivity index (χ0v) is 15.7. The van der Waals surface area contributed by atoms with Crippen LogP contribution in [0.1, 0.15) is 17.5 Å². The number of hydrogen-bond donors (Lipinski definition) is 1. The minimum atomic E-state index is -0.246. The monoisotopic (exact) mass is 366 g/mol. The Morgan fingerprint density at radius 1 is 1.07 bits per heavy atom. The number of amides is 2. The molecule has 0 bridgehead atoms. The number of carbonyl (C=O) groups is 2. The number of nitrogens with one attached hydrogen (secondary N) is 1. The van der Waals surface area contributed by atoms with E-state index in [0.29, 0.717) is 26.1 Å². The quantitative estimate of drug-likeness (QED) is 0.781. The van der Waals surface area contributed by atoms with Crippen LogP contribution in [0.3, 0.4) is 0 Å². The fourth-order valence-electron chi connectivity index (χ4n) is 3.34. The molecule has 1 N–H and O–H groups in total. The molecule has 1 atom stereocenters. The highest BCUT2D eigenvalue weighted by Crippen LogP contribution is 2.18. The van der Waals surface area contributed by atoms with Crippen LogP contribution in [0, 0.1) is 5.92 Å². The molecule has 5 heteroatoms. The van der Waals surface area contributed by atoms with Crippen molar-refractivity contribution in [2.45, 2.75) is 19.3 Å². The van der Waals surface area contributed by atoms with Gasteiger partial charge in [-0.15, -0.1) is 0 Å². The molecular weight excluding hydrogens is 340 g/mol. The van der Waals surface area contributed by atoms with Crippen molar-refractivity contribution in [2.75, 3.05) is 26.7 Å². The largest absolute Gasteiger partial charge is 0.497 e. The fourth-order valence-corrected chi connectivity index (χ4v) is 3.34. The predicted molar refractivity (Wildman–Crippen MR) is 105 cm³/mol. The molecule has 1 aliphatic rings. The predicted octanol–water partition coefficient (Wildman–Crippen LogP) is 2.45. The zero-order valence-electron chi connectivity index (χ0n) is 15.7. The molecule has 0 aromatic heterocycles. The first-order valence-corrected chi connectivity index (χ1v) is 9.38. The summed E-state index contributed by atoms with van der Waals surface area (Å²) in [7, 11) is 1.64. The van der Waals surface area contributed by atoms with Crippen LogP contribution >= 0.6 is 0 Å². The van der Waals surface area contributed by atoms with Crippen LogP contribution in [0.2, 0.25) is 0 Å². The lowest BCUT2D eigenvalue weighted by Crippen LogP contribution is -2.34. The number of benzene rings is 2. The molecule has 0 saturated carbocycles. The molecule has 0 radical (unpaired) electrons. The number of nitrogens with zero attached hydrogens (tertiary/aromatic N) is 1. The average molecular weight is 366 g/mol. The highest BCUT2D eigenvalue weighted by Gasteiger charge is 2.33. The summed E-state index contributed by atoms with van der Waals surface area (Å²) in [5.41, 5.74) is 2.35. The molecule has 2 aromatic rings. The van der Waals surface area contributed by atoms with Crippen LogP contribution in [0.25, 0.3) is 0 Å². The summed E-state index contributed by atoms with van der Waals surface area (Å²) in [5, 5.41) is 2.97. The van der Waals surface area contributed by atoms with Crippen molar-refractivity contribution in [1.29, 1.82) is 0 Å². The Kier molecular flexibility index (Phi) is 6.47. The molecule has 27 heavy (non-hydrogen) atoms. The fraction of sp³-hybridized carbons (Fsp3) is 0.364. The summed E-state index contributed by atoms with van der Waals surface area (Å²) in [5.74, 6) is 0.618. The van der Waals surface area contributed by atoms with Gasteiger partial charge in [-0.25, -0.2) is 0 Å². The van der Waals surface area contributed by atoms with Gasteiger partial charge in [0.15, 0.2) is 0 Å². The molecule has 0 aliphatic carbocycles. The molecule has 2 aromatic carbocycles. The minimum absolute atomic E-state index is 0.0286. The third-order valence-corrected chi connectivity index (χ3v) is 4.97. The van der Waals surface area contributed by atoms with Crippen LogP contribution < -0.4 is 10.1 Å². The lowest BCUT2D eigenvalue weighted by molar-refractivity contribution is -0.129. The molecule has 1 saturated heterocycles. The molecule has 1 fully saturated rings. The lowest BCUT2D eigenvalue weighted by Gasteiger charge is -2.16. The Labute approximate surface area is 160 Å². The lowest BCUT2D eigenvalue weighted by atomic mass is 10.1. The highest BCUT2D eigenvalue weighted by atomic mass is 16.5. The van der Waals surface area contributed by atoms with E-state index in [4.69, 9.17) is 4.74 Å². The Morgan fingerprint density at radius 3 is 2.48 bits per heavy atom. The summed E-state index contributed by atoms with van der Waals surface area (Å²) in [6.45, 7) is 1.75. The highest BCUT2D eigenvalue weighted by molar-refractivity contribution is 5.89. The Hall–Kier alpha value is -2.82. The molecule has 2 amide bonds. The molecule has 1 unspecified atom stereocenters. The number of rotatable bonds is 8. The van der Waals surface area contributed by atoms with Gasteiger partial charge in [-0.2, -0.15) is 0 Å². The second-order valence-electron chi connectivity index (χ2n) is 6.87. The second kappa shape index (κ2) is 9.21. The molecule has 142 valence electrons. The van der Waals surface area contributed by atoms with Crippen molar-refractivity contribution in [1.82, 2.24) is 10.2 Å². The maximum absolute atomic E-state index is 12.4. The van der Waals surface area contributed by atoms with Gasteiger partial charge in [0.1, 0.15) is 5.75 Å². The van der Waals surface area contributed by atoms with E-state index >= 15 is 0 Å². The summed E-state index contributed by atoms with van der Waals surface area (Å²) >= 11 is 0. The average Bonchev–Trinajstić information content (AvgIpc) is 3.08. The molecule has 1 heterocycles. The van der Waals surface area contributed by atoms with Crippen LogP contribution in [-0.4, -0.2) is 43.5 Å². The summed E-state index contributed by atoms with van der Waals surface area (Å²) in [4.78, 5) is 26.4. The van der Waals surface area contributed by atoms with Gasteiger partial charge in [-0.1, -0.05) is 42.5 Å². The maximum Gasteiger partial charge on any atom is 0.225 e. The van der Waals surface area contributed by atoms with Crippen molar-refractivity contribution >= 4 is 11.8 Å². The van der Waals surface area contributed by atoms with Crippen LogP contribution in [-0.2, 0) is 22.4 Å². The summed E-state index contributed by atoms with van der Waals surface area (Å²) in [6, 6.07) is 17.9. The normalized spacial score (nSPS) is 16.4. The zero-order chi connectivity index (χ0) is 19.1. The van der Waals surface area contributed by atoms with Gasteiger partial charge in [0.2, 0.25) is 11.8 Å². The van der Waals surface area contributed by atoms with Crippen LogP contribution in [0.5, 0.6) is 5.75 Å². The van der Waals surface area contributed by atoms with E-state index in [1.807, 2.05) is 42.5 Å². The molecule has 3 rings (SSSR count). The first kappa shape index (κ1) is 19.0. The van der Waals surface area contributed by atoms with E-state index in [1.54, 1.807) is 12.0 Å². The number of carbonyl (C=O) groups excluding carboxylic acids is 2. The molecule has 5 nitrogen and oxygen atoms in total. The van der Waals surface area contributed by atoms with Crippen molar-refractivity contribution in [3.05, 3.63) is 65.7 Å². The van der Waals surface area contributed by atoms with E-state index in [-0.39, 0.29) is 17.7 Å². The standard InChI is InChI=1S/C22H26N2O3/c1-27-20-9-7-18(8-10-20)11-13-23-22(26)19-15-21(25)24(16-19)14-12-17-5-3-2-4-6-17/h2-10,19H,11-16H2,1H3,(H,23,26). The Balaban J connectivity index is 1.41. The molecular formula is C22H26N2O3. The van der Waals surface area contributed by atoms with Gasteiger partial charge in [0, 0.05) is 26.1 Å². The number of ether oxygens (including phenoxy) is 1. The summed E-state index contributed by atoms with van der Waals surface area (Å²) in [6.07, 6.45) is 1.88. The van der Waals surface area contributed by atoms with E-state index in [2.05, 4.69) is 17.4 Å². The number of likely N-dealkylation sites (tertiary alicyclic amines) is 1. The van der Waals surface area contributed by atoms with E-state index in [0.717, 1.165) is 24.2 Å². The van der Waals surface area contributed by atoms with E-state index in [9.17, 15) is 9.59 Å². The molecule has 1 aliphatic heterocycles. The van der Waals surface area contributed by atoms with Gasteiger partial charge in [-0.05, 0) is 36.1 Å². The second-order valence-corrected chi connectivity index (χ2v) is 6.87. The van der Waals surface area contributed by atoms with E-state index < -0.39 is 0 Å². The Morgan fingerprint density at radius 2 is 1.78 bits per heavy atom. The van der Waals surface area contributed by atoms with Gasteiger partial charge >= 0.3 is 0 Å². The topological polar surface area (TPSA) is 58.6 Å². The van der Waals surface area contributed by atoms with Crippen molar-refractivity contribution in [3.63, 3.8) is 0 Å². The first-order valence-electron chi connectivity index (χ1n) is 9.38. The van der Waals surface area contributed by atoms with Crippen molar-refractivity contribution in [3.8, 4) is 5.75 Å². The van der Waals surface area contributed by atoms with Crippen LogP contribution in [0.4, 0.5) is 0 Å². The number of methoxy groups -OCH3 is 1. The first-order chi connectivity index (χ1) is 13.2. The summed E-state index contributed by atoms with van der Waals surface area (Å²) < 4.78 is 5.14. The third-order valence-electron chi connectivity index (χ3n) is 4.97. The van der Waals surface area contributed by atoms with Crippen molar-refractivity contribution in [2.24, 2.45) is 5.92 Å². The third kappa shape index (κ3) is 5.33. The van der Waals surface area contributed by atoms with Gasteiger partial charge in [0.05, 0.1) is 13.0 Å². The van der Waals surface area contributed by atoms with Gasteiger partial charge in [0.25, 0.3) is 0 Å².